The van der Waals surface area contributed by atoms with Gasteiger partial charge in [-0.25, -0.2) is 0 Å². The molecule has 0 aliphatic rings. The van der Waals surface area contributed by atoms with Crippen LogP contribution in [0, 0.1) is 0 Å². The van der Waals surface area contributed by atoms with Gasteiger partial charge in [0.1, 0.15) is 6.04 Å². The number of hydrogen-bond donors (Lipinski definition) is 1. The van der Waals surface area contributed by atoms with Crippen molar-refractivity contribution >= 4 is 5.91 Å². The van der Waals surface area contributed by atoms with E-state index in [0.717, 1.165) is 5.56 Å². The van der Waals surface area contributed by atoms with E-state index in [-0.39, 0.29) is 17.4 Å². The first-order valence-corrected chi connectivity index (χ1v) is 6.99. The number of hydrogen-bond acceptors (Lipinski definition) is 4. The van der Waals surface area contributed by atoms with Crippen molar-refractivity contribution in [2.45, 2.75) is 46.1 Å². The maximum absolute atomic E-state index is 11.0. The molecule has 21 heavy (non-hydrogen) atoms. The summed E-state index contributed by atoms with van der Waals surface area (Å²) >= 11 is 0. The number of aromatic nitrogens is 2. The van der Waals surface area contributed by atoms with Crippen LogP contribution in [0.25, 0.3) is 11.4 Å². The van der Waals surface area contributed by atoms with Crippen LogP contribution in [0.3, 0.4) is 0 Å². The lowest BCUT2D eigenvalue weighted by Gasteiger charge is -2.18. The molecule has 0 saturated heterocycles. The topological polar surface area (TPSA) is 68.0 Å². The summed E-state index contributed by atoms with van der Waals surface area (Å²) in [5.41, 5.74) is 2.26. The van der Waals surface area contributed by atoms with Gasteiger partial charge in [-0.15, -0.1) is 0 Å². The van der Waals surface area contributed by atoms with E-state index >= 15 is 0 Å². The van der Waals surface area contributed by atoms with Crippen molar-refractivity contribution in [1.82, 2.24) is 15.5 Å². The summed E-state index contributed by atoms with van der Waals surface area (Å²) in [5.74, 6) is 0.805. The molecular weight excluding hydrogens is 266 g/mol. The predicted octanol–water partition coefficient (Wildman–Crippen LogP) is 3.23. The quantitative estimate of drug-likeness (QED) is 0.941. The molecule has 2 aromatic rings. The summed E-state index contributed by atoms with van der Waals surface area (Å²) in [6, 6.07) is 7.82. The highest BCUT2D eigenvalue weighted by Crippen LogP contribution is 2.25. The Morgan fingerprint density at radius 1 is 1.24 bits per heavy atom. The van der Waals surface area contributed by atoms with Crippen LogP contribution >= 0.6 is 0 Å². The Morgan fingerprint density at radius 2 is 1.86 bits per heavy atom. The Balaban J connectivity index is 2.20. The average Bonchev–Trinajstić information content (AvgIpc) is 2.86. The van der Waals surface area contributed by atoms with E-state index < -0.39 is 0 Å². The average molecular weight is 287 g/mol. The highest BCUT2D eigenvalue weighted by molar-refractivity contribution is 5.73. The minimum absolute atomic E-state index is 0.112. The van der Waals surface area contributed by atoms with Crippen molar-refractivity contribution in [2.24, 2.45) is 0 Å². The molecule has 0 bridgehead atoms. The van der Waals surface area contributed by atoms with Gasteiger partial charge in [0.05, 0.1) is 0 Å². The second kappa shape index (κ2) is 5.68. The van der Waals surface area contributed by atoms with Gasteiger partial charge in [0, 0.05) is 12.5 Å². The van der Waals surface area contributed by atoms with Gasteiger partial charge in [-0.2, -0.15) is 4.98 Å². The summed E-state index contributed by atoms with van der Waals surface area (Å²) in [5, 5.41) is 6.69. The highest BCUT2D eigenvalue weighted by atomic mass is 16.5. The summed E-state index contributed by atoms with van der Waals surface area (Å²) in [6.07, 6.45) is 0. The molecule has 0 unspecified atom stereocenters. The number of carbonyl (C=O) groups is 1. The Hall–Kier alpha value is -2.17. The molecule has 2 rings (SSSR count). The van der Waals surface area contributed by atoms with Crippen LogP contribution in [0.2, 0.25) is 0 Å². The normalized spacial score (nSPS) is 13.0. The first kappa shape index (κ1) is 15.2. The third-order valence-electron chi connectivity index (χ3n) is 3.24. The molecule has 1 amide bonds. The van der Waals surface area contributed by atoms with Gasteiger partial charge in [-0.1, -0.05) is 50.2 Å². The van der Waals surface area contributed by atoms with Crippen LogP contribution in [-0.2, 0) is 10.2 Å². The molecule has 1 heterocycles. The van der Waals surface area contributed by atoms with Gasteiger partial charge < -0.3 is 9.84 Å². The van der Waals surface area contributed by atoms with Gasteiger partial charge in [-0.3, -0.25) is 4.79 Å². The van der Waals surface area contributed by atoms with Crippen molar-refractivity contribution in [3.8, 4) is 11.4 Å². The van der Waals surface area contributed by atoms with Crippen LogP contribution in [-0.4, -0.2) is 16.0 Å². The van der Waals surface area contributed by atoms with Crippen LogP contribution in [0.1, 0.15) is 52.1 Å². The minimum atomic E-state index is -0.294. The molecule has 5 heteroatoms. The molecule has 0 spiro atoms. The highest BCUT2D eigenvalue weighted by Gasteiger charge is 2.17. The van der Waals surface area contributed by atoms with Crippen molar-refractivity contribution in [3.05, 3.63) is 35.7 Å². The fourth-order valence-electron chi connectivity index (χ4n) is 2.01. The molecule has 1 aromatic heterocycles. The lowest BCUT2D eigenvalue weighted by Crippen LogP contribution is -2.23. The molecular formula is C16H21N3O2. The molecule has 0 aliphatic carbocycles. The number of benzene rings is 1. The maximum Gasteiger partial charge on any atom is 0.249 e. The lowest BCUT2D eigenvalue weighted by atomic mass is 9.87. The lowest BCUT2D eigenvalue weighted by molar-refractivity contribution is -0.119. The monoisotopic (exact) mass is 287 g/mol. The molecule has 1 atom stereocenters. The second-order valence-corrected chi connectivity index (χ2v) is 6.21. The molecule has 112 valence electrons. The fourth-order valence-corrected chi connectivity index (χ4v) is 2.01. The minimum Gasteiger partial charge on any atom is -0.345 e. The third-order valence-corrected chi connectivity index (χ3v) is 3.24. The number of nitrogens with zero attached hydrogens (tertiary/aromatic N) is 2. The maximum atomic E-state index is 11.0. The zero-order valence-electron chi connectivity index (χ0n) is 13.1. The Bertz CT molecular complexity index is 624. The van der Waals surface area contributed by atoms with E-state index in [4.69, 9.17) is 4.52 Å². The van der Waals surface area contributed by atoms with E-state index in [1.165, 1.54) is 12.5 Å². The smallest absolute Gasteiger partial charge is 0.249 e. The molecule has 5 nitrogen and oxygen atoms in total. The van der Waals surface area contributed by atoms with E-state index in [0.29, 0.717) is 11.7 Å². The second-order valence-electron chi connectivity index (χ2n) is 6.21. The summed E-state index contributed by atoms with van der Waals surface area (Å²) in [6.45, 7) is 9.77. The van der Waals surface area contributed by atoms with Crippen molar-refractivity contribution in [2.75, 3.05) is 0 Å². The van der Waals surface area contributed by atoms with E-state index in [1.54, 1.807) is 6.92 Å². The molecule has 0 aliphatic heterocycles. The molecule has 0 saturated carbocycles. The predicted molar refractivity (Wildman–Crippen MR) is 80.7 cm³/mol. The van der Waals surface area contributed by atoms with Gasteiger partial charge in [0.15, 0.2) is 0 Å². The number of rotatable bonds is 3. The first-order valence-electron chi connectivity index (χ1n) is 6.99. The fraction of sp³-hybridized carbons (Fsp3) is 0.438. The summed E-state index contributed by atoms with van der Waals surface area (Å²) in [4.78, 5) is 15.4. The molecule has 0 fully saturated rings. The standard InChI is InChI=1S/C16H21N3O2/c1-10(17-11(2)20)15-18-14(19-21-15)12-6-8-13(9-7-12)16(3,4)5/h6-10H,1-5H3,(H,17,20)/t10-/m0/s1. The van der Waals surface area contributed by atoms with Crippen LogP contribution in [0.15, 0.2) is 28.8 Å². The third kappa shape index (κ3) is 3.68. The summed E-state index contributed by atoms with van der Waals surface area (Å²) in [7, 11) is 0. The van der Waals surface area contributed by atoms with E-state index in [9.17, 15) is 4.79 Å². The van der Waals surface area contributed by atoms with Gasteiger partial charge in [0.2, 0.25) is 17.6 Å². The van der Waals surface area contributed by atoms with E-state index in [1.807, 2.05) is 12.1 Å². The molecule has 1 N–H and O–H groups in total. The molecule has 0 radical (unpaired) electrons. The van der Waals surface area contributed by atoms with Crippen molar-refractivity contribution in [1.29, 1.82) is 0 Å². The van der Waals surface area contributed by atoms with Crippen LogP contribution in [0.5, 0.6) is 0 Å². The van der Waals surface area contributed by atoms with Crippen LogP contribution < -0.4 is 5.32 Å². The van der Waals surface area contributed by atoms with E-state index in [2.05, 4.69) is 48.4 Å². The summed E-state index contributed by atoms with van der Waals surface area (Å²) < 4.78 is 5.20. The largest absolute Gasteiger partial charge is 0.345 e. The van der Waals surface area contributed by atoms with Crippen LogP contribution in [0.4, 0.5) is 0 Å². The van der Waals surface area contributed by atoms with Crippen molar-refractivity contribution < 1.29 is 9.32 Å². The number of nitrogens with one attached hydrogen (secondary N) is 1. The van der Waals surface area contributed by atoms with Gasteiger partial charge in [-0.05, 0) is 17.9 Å². The van der Waals surface area contributed by atoms with Crippen molar-refractivity contribution in [3.63, 3.8) is 0 Å². The zero-order valence-corrected chi connectivity index (χ0v) is 13.1. The first-order chi connectivity index (χ1) is 9.77. The Morgan fingerprint density at radius 3 is 2.38 bits per heavy atom. The SMILES string of the molecule is CC(=O)N[C@@H](C)c1nc(-c2ccc(C(C)(C)C)cc2)no1. The number of carbonyl (C=O) groups excluding carboxylic acids is 1. The van der Waals surface area contributed by atoms with Gasteiger partial charge in [0.25, 0.3) is 0 Å². The zero-order chi connectivity index (χ0) is 15.6. The van der Waals surface area contributed by atoms with Gasteiger partial charge >= 0.3 is 0 Å². The molecule has 1 aromatic carbocycles. The number of amides is 1. The Labute approximate surface area is 124 Å². The Kier molecular flexibility index (Phi) is 4.11.